The number of imidazole rings is 1. The molecule has 0 spiro atoms. The molecule has 0 unspecified atom stereocenters. The molecule has 0 aliphatic carbocycles. The number of amides is 1. The van der Waals surface area contributed by atoms with Crippen LogP contribution in [0.4, 0.5) is 4.39 Å². The Bertz CT molecular complexity index is 1090. The predicted octanol–water partition coefficient (Wildman–Crippen LogP) is 3.15. The molecule has 152 valence electrons. The lowest BCUT2D eigenvalue weighted by molar-refractivity contribution is -0.121. The van der Waals surface area contributed by atoms with E-state index in [4.69, 9.17) is 0 Å². The van der Waals surface area contributed by atoms with Gasteiger partial charge in [0.15, 0.2) is 0 Å². The fraction of sp³-hybridized carbons (Fsp3) is 0.182. The van der Waals surface area contributed by atoms with Gasteiger partial charge in [0.1, 0.15) is 5.82 Å². The second-order valence-electron chi connectivity index (χ2n) is 6.79. The molecule has 0 radical (unpaired) electrons. The minimum atomic E-state index is -0.288. The number of rotatable bonds is 8. The van der Waals surface area contributed by atoms with E-state index in [9.17, 15) is 9.18 Å². The summed E-state index contributed by atoms with van der Waals surface area (Å²) in [6, 6.07) is 12.0. The summed E-state index contributed by atoms with van der Waals surface area (Å²) < 4.78 is 17.0. The minimum absolute atomic E-state index is 0.0301. The third-order valence-electron chi connectivity index (χ3n) is 4.68. The lowest BCUT2D eigenvalue weighted by Gasteiger charge is -2.09. The summed E-state index contributed by atoms with van der Waals surface area (Å²) in [5.74, 6) is -0.318. The van der Waals surface area contributed by atoms with E-state index in [-0.39, 0.29) is 11.7 Å². The molecule has 0 aliphatic rings. The summed E-state index contributed by atoms with van der Waals surface area (Å²) in [6.45, 7) is 1.53. The van der Waals surface area contributed by atoms with Gasteiger partial charge in [-0.25, -0.2) is 9.37 Å². The number of benzene rings is 1. The summed E-state index contributed by atoms with van der Waals surface area (Å²) >= 11 is 0. The lowest BCUT2D eigenvalue weighted by atomic mass is 10.1. The van der Waals surface area contributed by atoms with Crippen LogP contribution in [-0.4, -0.2) is 36.8 Å². The molecule has 30 heavy (non-hydrogen) atoms. The van der Waals surface area contributed by atoms with E-state index in [1.165, 1.54) is 12.1 Å². The molecule has 0 aliphatic heterocycles. The standard InChI is InChI=1S/C22H21FN6O/c23-19-5-3-17(4-6-19)20-14-21(18-2-1-8-24-15-18)29(27-20)13-10-26-22(30)7-11-28-12-9-25-16-28/h1-6,8-9,12,14-16H,7,10-11,13H2,(H,26,30). The Morgan fingerprint density at radius 2 is 1.90 bits per heavy atom. The van der Waals surface area contributed by atoms with Crippen LogP contribution in [0.25, 0.3) is 22.5 Å². The van der Waals surface area contributed by atoms with Crippen molar-refractivity contribution in [3.63, 3.8) is 0 Å². The number of pyridine rings is 1. The third-order valence-corrected chi connectivity index (χ3v) is 4.68. The summed E-state index contributed by atoms with van der Waals surface area (Å²) in [7, 11) is 0. The Morgan fingerprint density at radius 1 is 1.03 bits per heavy atom. The molecule has 0 fully saturated rings. The molecular weight excluding hydrogens is 383 g/mol. The quantitative estimate of drug-likeness (QED) is 0.489. The van der Waals surface area contributed by atoms with Gasteiger partial charge in [-0.2, -0.15) is 5.10 Å². The normalized spacial score (nSPS) is 10.8. The first kappa shape index (κ1) is 19.5. The maximum atomic E-state index is 13.3. The van der Waals surface area contributed by atoms with E-state index in [0.717, 1.165) is 22.5 Å². The fourth-order valence-electron chi connectivity index (χ4n) is 3.13. The average molecular weight is 404 g/mol. The van der Waals surface area contributed by atoms with Crippen LogP contribution in [0.5, 0.6) is 0 Å². The highest BCUT2D eigenvalue weighted by Gasteiger charge is 2.12. The molecular formula is C22H21FN6O. The predicted molar refractivity (Wildman–Crippen MR) is 111 cm³/mol. The van der Waals surface area contributed by atoms with Crippen molar-refractivity contribution in [2.75, 3.05) is 6.54 Å². The molecule has 7 nitrogen and oxygen atoms in total. The average Bonchev–Trinajstić information content (AvgIpc) is 3.44. The van der Waals surface area contributed by atoms with Crippen LogP contribution in [-0.2, 0) is 17.9 Å². The van der Waals surface area contributed by atoms with Crippen LogP contribution < -0.4 is 5.32 Å². The van der Waals surface area contributed by atoms with Gasteiger partial charge in [0, 0.05) is 55.4 Å². The Hall–Kier alpha value is -3.81. The van der Waals surface area contributed by atoms with Crippen LogP contribution in [0.15, 0.2) is 73.6 Å². The molecule has 1 N–H and O–H groups in total. The summed E-state index contributed by atoms with van der Waals surface area (Å²) in [5.41, 5.74) is 3.37. The number of carbonyl (C=O) groups excluding carboxylic acids is 1. The van der Waals surface area contributed by atoms with Gasteiger partial charge in [0.05, 0.1) is 24.3 Å². The van der Waals surface area contributed by atoms with Crippen molar-refractivity contribution in [2.24, 2.45) is 0 Å². The molecule has 4 rings (SSSR count). The molecule has 0 atom stereocenters. The number of nitrogens with one attached hydrogen (secondary N) is 1. The van der Waals surface area contributed by atoms with Crippen molar-refractivity contribution in [1.29, 1.82) is 0 Å². The second-order valence-corrected chi connectivity index (χ2v) is 6.79. The topological polar surface area (TPSA) is 77.6 Å². The first-order valence-electron chi connectivity index (χ1n) is 9.66. The fourth-order valence-corrected chi connectivity index (χ4v) is 3.13. The summed E-state index contributed by atoms with van der Waals surface area (Å²) in [4.78, 5) is 20.3. The molecule has 0 saturated heterocycles. The van der Waals surface area contributed by atoms with Crippen molar-refractivity contribution in [3.05, 3.63) is 79.4 Å². The van der Waals surface area contributed by atoms with E-state index >= 15 is 0 Å². The lowest BCUT2D eigenvalue weighted by Crippen LogP contribution is -2.28. The van der Waals surface area contributed by atoms with Crippen LogP contribution in [0, 0.1) is 5.82 Å². The smallest absolute Gasteiger partial charge is 0.221 e. The highest BCUT2D eigenvalue weighted by molar-refractivity contribution is 5.75. The van der Waals surface area contributed by atoms with Gasteiger partial charge in [0.25, 0.3) is 0 Å². The third kappa shape index (κ3) is 4.78. The van der Waals surface area contributed by atoms with E-state index in [0.29, 0.717) is 26.1 Å². The van der Waals surface area contributed by atoms with Gasteiger partial charge in [-0.15, -0.1) is 0 Å². The maximum Gasteiger partial charge on any atom is 0.221 e. The first-order valence-corrected chi connectivity index (χ1v) is 9.66. The van der Waals surface area contributed by atoms with Crippen LogP contribution in [0.2, 0.25) is 0 Å². The zero-order valence-corrected chi connectivity index (χ0v) is 16.3. The van der Waals surface area contributed by atoms with Crippen molar-refractivity contribution < 1.29 is 9.18 Å². The first-order chi connectivity index (χ1) is 14.7. The van der Waals surface area contributed by atoms with Crippen LogP contribution >= 0.6 is 0 Å². The van der Waals surface area contributed by atoms with Gasteiger partial charge in [-0.1, -0.05) is 0 Å². The van der Waals surface area contributed by atoms with Crippen LogP contribution in [0.3, 0.4) is 0 Å². The Labute approximate surface area is 173 Å². The van der Waals surface area contributed by atoms with E-state index in [1.54, 1.807) is 37.1 Å². The van der Waals surface area contributed by atoms with E-state index in [1.807, 2.05) is 33.6 Å². The molecule has 3 aromatic heterocycles. The molecule has 0 saturated carbocycles. The highest BCUT2D eigenvalue weighted by atomic mass is 19.1. The Morgan fingerprint density at radius 3 is 2.63 bits per heavy atom. The van der Waals surface area contributed by atoms with Crippen molar-refractivity contribution in [2.45, 2.75) is 19.5 Å². The number of hydrogen-bond acceptors (Lipinski definition) is 4. The molecule has 0 bridgehead atoms. The van der Waals surface area contributed by atoms with Gasteiger partial charge in [0.2, 0.25) is 5.91 Å². The molecule has 1 aromatic carbocycles. The number of aryl methyl sites for hydroxylation is 1. The van der Waals surface area contributed by atoms with Crippen molar-refractivity contribution in [3.8, 4) is 22.5 Å². The van der Waals surface area contributed by atoms with E-state index < -0.39 is 0 Å². The van der Waals surface area contributed by atoms with Crippen molar-refractivity contribution >= 4 is 5.91 Å². The minimum Gasteiger partial charge on any atom is -0.354 e. The summed E-state index contributed by atoms with van der Waals surface area (Å²) in [6.07, 6.45) is 9.07. The van der Waals surface area contributed by atoms with Gasteiger partial charge >= 0.3 is 0 Å². The molecule has 1 amide bonds. The monoisotopic (exact) mass is 404 g/mol. The number of halogens is 1. The number of nitrogens with zero attached hydrogens (tertiary/aromatic N) is 5. The Kier molecular flexibility index (Phi) is 5.93. The zero-order chi connectivity index (χ0) is 20.8. The second kappa shape index (κ2) is 9.13. The number of aromatic nitrogens is 5. The highest BCUT2D eigenvalue weighted by Crippen LogP contribution is 2.25. The number of hydrogen-bond donors (Lipinski definition) is 1. The summed E-state index contributed by atoms with van der Waals surface area (Å²) in [5, 5.41) is 7.60. The molecule has 8 heteroatoms. The van der Waals surface area contributed by atoms with Crippen LogP contribution in [0.1, 0.15) is 6.42 Å². The maximum absolute atomic E-state index is 13.3. The Balaban J connectivity index is 1.45. The van der Waals surface area contributed by atoms with E-state index in [2.05, 4.69) is 20.4 Å². The van der Waals surface area contributed by atoms with Gasteiger partial charge in [-0.05, 0) is 42.5 Å². The number of carbonyl (C=O) groups is 1. The molecule has 3 heterocycles. The van der Waals surface area contributed by atoms with Gasteiger partial charge in [-0.3, -0.25) is 14.5 Å². The SMILES string of the molecule is O=C(CCn1ccnc1)NCCn1nc(-c2ccc(F)cc2)cc1-c1cccnc1. The molecule has 4 aromatic rings. The zero-order valence-electron chi connectivity index (χ0n) is 16.3. The largest absolute Gasteiger partial charge is 0.354 e. The van der Waals surface area contributed by atoms with Crippen molar-refractivity contribution in [1.82, 2.24) is 29.6 Å². The van der Waals surface area contributed by atoms with Gasteiger partial charge < -0.3 is 9.88 Å².